The minimum absolute atomic E-state index is 0.593. The molecular weight excluding hydrogens is 214 g/mol. The molecule has 2 aliphatic rings. The van der Waals surface area contributed by atoms with Crippen molar-refractivity contribution < 1.29 is 4.74 Å². The Morgan fingerprint density at radius 2 is 2.29 bits per heavy atom. The molecule has 1 aliphatic carbocycles. The molecule has 2 heterocycles. The van der Waals surface area contributed by atoms with Crippen LogP contribution in [0.3, 0.4) is 0 Å². The molecule has 1 saturated carbocycles. The second kappa shape index (κ2) is 4.53. The van der Waals surface area contributed by atoms with Crippen molar-refractivity contribution in [2.75, 3.05) is 25.0 Å². The molecule has 1 aromatic heterocycles. The predicted molar refractivity (Wildman–Crippen MR) is 67.3 cm³/mol. The number of pyridine rings is 1. The van der Waals surface area contributed by atoms with E-state index in [-0.39, 0.29) is 0 Å². The lowest BCUT2D eigenvalue weighted by Crippen LogP contribution is -2.22. The molecule has 0 radical (unpaired) electrons. The van der Waals surface area contributed by atoms with Crippen LogP contribution >= 0.6 is 0 Å². The molecule has 2 fully saturated rings. The SMILES string of the molecule is CCCOc1cccnc1NC1C2CNCC21. The number of aromatic nitrogens is 1. The maximum atomic E-state index is 5.70. The van der Waals surface area contributed by atoms with Gasteiger partial charge in [0.1, 0.15) is 0 Å². The van der Waals surface area contributed by atoms with Gasteiger partial charge in [-0.25, -0.2) is 4.98 Å². The molecule has 3 rings (SSSR count). The highest BCUT2D eigenvalue weighted by Crippen LogP contribution is 2.44. The molecular formula is C13H19N3O. The maximum absolute atomic E-state index is 5.70. The van der Waals surface area contributed by atoms with Gasteiger partial charge >= 0.3 is 0 Å². The Labute approximate surface area is 102 Å². The van der Waals surface area contributed by atoms with Gasteiger partial charge in [0, 0.05) is 25.3 Å². The summed E-state index contributed by atoms with van der Waals surface area (Å²) in [4.78, 5) is 4.38. The van der Waals surface area contributed by atoms with Crippen LogP contribution < -0.4 is 15.4 Å². The van der Waals surface area contributed by atoms with Crippen molar-refractivity contribution in [1.29, 1.82) is 0 Å². The van der Waals surface area contributed by atoms with Gasteiger partial charge in [0.25, 0.3) is 0 Å². The molecule has 0 bridgehead atoms. The van der Waals surface area contributed by atoms with Gasteiger partial charge in [-0.15, -0.1) is 0 Å². The highest BCUT2D eigenvalue weighted by molar-refractivity contribution is 5.51. The van der Waals surface area contributed by atoms with Gasteiger partial charge in [-0.05, 0) is 30.4 Å². The quantitative estimate of drug-likeness (QED) is 0.809. The van der Waals surface area contributed by atoms with Gasteiger partial charge in [0.2, 0.25) is 0 Å². The van der Waals surface area contributed by atoms with E-state index >= 15 is 0 Å². The summed E-state index contributed by atoms with van der Waals surface area (Å²) in [5.41, 5.74) is 0. The standard InChI is InChI=1S/C13H19N3O/c1-2-6-17-11-4-3-5-15-13(11)16-12-9-7-14-8-10(9)12/h3-5,9-10,12,14H,2,6-8H2,1H3,(H,15,16). The summed E-state index contributed by atoms with van der Waals surface area (Å²) < 4.78 is 5.70. The molecule has 0 amide bonds. The molecule has 92 valence electrons. The minimum Gasteiger partial charge on any atom is -0.490 e. The number of nitrogens with one attached hydrogen (secondary N) is 2. The molecule has 2 N–H and O–H groups in total. The fourth-order valence-corrected chi connectivity index (χ4v) is 2.62. The summed E-state index contributed by atoms with van der Waals surface area (Å²) in [5, 5.41) is 6.91. The number of nitrogens with zero attached hydrogens (tertiary/aromatic N) is 1. The van der Waals surface area contributed by atoms with Crippen LogP contribution in [0.1, 0.15) is 13.3 Å². The minimum atomic E-state index is 0.593. The fourth-order valence-electron chi connectivity index (χ4n) is 2.62. The second-order valence-electron chi connectivity index (χ2n) is 4.85. The number of anilines is 1. The molecule has 4 heteroatoms. The zero-order valence-electron chi connectivity index (χ0n) is 10.1. The van der Waals surface area contributed by atoms with Crippen molar-refractivity contribution in [1.82, 2.24) is 10.3 Å². The van der Waals surface area contributed by atoms with E-state index in [1.54, 1.807) is 0 Å². The molecule has 0 spiro atoms. The predicted octanol–water partition coefficient (Wildman–Crippen LogP) is 1.50. The first-order valence-corrected chi connectivity index (χ1v) is 6.45. The fraction of sp³-hybridized carbons (Fsp3) is 0.615. The van der Waals surface area contributed by atoms with Crippen molar-refractivity contribution in [3.63, 3.8) is 0 Å². The van der Waals surface area contributed by atoms with Gasteiger partial charge in [0.15, 0.2) is 11.6 Å². The van der Waals surface area contributed by atoms with Gasteiger partial charge in [-0.2, -0.15) is 0 Å². The molecule has 17 heavy (non-hydrogen) atoms. The van der Waals surface area contributed by atoms with Crippen molar-refractivity contribution >= 4 is 5.82 Å². The first-order valence-electron chi connectivity index (χ1n) is 6.45. The highest BCUT2D eigenvalue weighted by Gasteiger charge is 2.53. The van der Waals surface area contributed by atoms with Crippen LogP contribution in [-0.4, -0.2) is 30.7 Å². The van der Waals surface area contributed by atoms with Crippen LogP contribution in [0.4, 0.5) is 5.82 Å². The highest BCUT2D eigenvalue weighted by atomic mass is 16.5. The molecule has 1 aromatic rings. The zero-order valence-corrected chi connectivity index (χ0v) is 10.1. The number of rotatable bonds is 5. The summed E-state index contributed by atoms with van der Waals surface area (Å²) in [7, 11) is 0. The topological polar surface area (TPSA) is 46.2 Å². The summed E-state index contributed by atoms with van der Waals surface area (Å²) in [6.07, 6.45) is 2.84. The van der Waals surface area contributed by atoms with Crippen LogP contribution in [0.15, 0.2) is 18.3 Å². The van der Waals surface area contributed by atoms with Crippen molar-refractivity contribution in [3.05, 3.63) is 18.3 Å². The molecule has 2 atom stereocenters. The van der Waals surface area contributed by atoms with Crippen LogP contribution in [0.5, 0.6) is 5.75 Å². The third-order valence-electron chi connectivity index (χ3n) is 3.63. The monoisotopic (exact) mass is 233 g/mol. The van der Waals surface area contributed by atoms with E-state index in [0.29, 0.717) is 6.04 Å². The van der Waals surface area contributed by atoms with Crippen molar-refractivity contribution in [2.45, 2.75) is 19.4 Å². The number of hydrogen-bond acceptors (Lipinski definition) is 4. The average Bonchev–Trinajstić information content (AvgIpc) is 2.80. The zero-order chi connectivity index (χ0) is 11.7. The number of fused-ring (bicyclic) bond motifs is 1. The Hall–Kier alpha value is -1.29. The first-order chi connectivity index (χ1) is 8.40. The summed E-state index contributed by atoms with van der Waals surface area (Å²) in [5.74, 6) is 3.36. The molecule has 2 unspecified atom stereocenters. The summed E-state index contributed by atoms with van der Waals surface area (Å²) in [6.45, 7) is 5.14. The Morgan fingerprint density at radius 1 is 1.47 bits per heavy atom. The van der Waals surface area contributed by atoms with Crippen LogP contribution in [0.2, 0.25) is 0 Å². The number of ether oxygens (including phenoxy) is 1. The lowest BCUT2D eigenvalue weighted by molar-refractivity contribution is 0.317. The molecule has 4 nitrogen and oxygen atoms in total. The van der Waals surface area contributed by atoms with Crippen molar-refractivity contribution in [2.24, 2.45) is 11.8 Å². The number of piperidine rings is 1. The first kappa shape index (κ1) is 10.8. The van der Waals surface area contributed by atoms with Crippen LogP contribution in [0, 0.1) is 11.8 Å². The van der Waals surface area contributed by atoms with Gasteiger partial charge in [-0.1, -0.05) is 6.92 Å². The summed E-state index contributed by atoms with van der Waals surface area (Å²) >= 11 is 0. The Kier molecular flexibility index (Phi) is 2.89. The van der Waals surface area contributed by atoms with E-state index in [1.165, 1.54) is 0 Å². The van der Waals surface area contributed by atoms with E-state index < -0.39 is 0 Å². The van der Waals surface area contributed by atoms with E-state index in [4.69, 9.17) is 4.74 Å². The average molecular weight is 233 g/mol. The van der Waals surface area contributed by atoms with Gasteiger partial charge < -0.3 is 15.4 Å². The maximum Gasteiger partial charge on any atom is 0.168 e. The molecule has 1 aliphatic heterocycles. The second-order valence-corrected chi connectivity index (χ2v) is 4.85. The van der Waals surface area contributed by atoms with Crippen LogP contribution in [-0.2, 0) is 0 Å². The van der Waals surface area contributed by atoms with E-state index in [0.717, 1.165) is 49.5 Å². The Bertz CT molecular complexity index is 386. The third-order valence-corrected chi connectivity index (χ3v) is 3.63. The Morgan fingerprint density at radius 3 is 3.06 bits per heavy atom. The third kappa shape index (κ3) is 2.09. The lowest BCUT2D eigenvalue weighted by atomic mass is 10.3. The Balaban J connectivity index is 1.65. The van der Waals surface area contributed by atoms with Gasteiger partial charge in [-0.3, -0.25) is 0 Å². The molecule has 0 aromatic carbocycles. The van der Waals surface area contributed by atoms with Crippen molar-refractivity contribution in [3.8, 4) is 5.75 Å². The smallest absolute Gasteiger partial charge is 0.168 e. The largest absolute Gasteiger partial charge is 0.490 e. The number of hydrogen-bond donors (Lipinski definition) is 2. The van der Waals surface area contributed by atoms with E-state index in [1.807, 2.05) is 18.3 Å². The van der Waals surface area contributed by atoms with E-state index in [2.05, 4.69) is 22.5 Å². The van der Waals surface area contributed by atoms with Gasteiger partial charge in [0.05, 0.1) is 6.61 Å². The van der Waals surface area contributed by atoms with E-state index in [9.17, 15) is 0 Å². The van der Waals surface area contributed by atoms with Crippen LogP contribution in [0.25, 0.3) is 0 Å². The normalized spacial score (nSPS) is 29.8. The molecule has 1 saturated heterocycles. The summed E-state index contributed by atoms with van der Waals surface area (Å²) in [6, 6.07) is 4.50. The lowest BCUT2D eigenvalue weighted by Gasteiger charge is -2.12.